The molecule has 6 heteroatoms. The summed E-state index contributed by atoms with van der Waals surface area (Å²) in [5, 5.41) is 0. The molecule has 2 N–H and O–H groups in total. The molecule has 1 saturated heterocycles. The van der Waals surface area contributed by atoms with E-state index >= 15 is 0 Å². The van der Waals surface area contributed by atoms with E-state index in [-0.39, 0.29) is 18.4 Å². The number of nitrogens with two attached hydrogens (primary N) is 1. The highest BCUT2D eigenvalue weighted by atomic mass is 16.5. The second-order valence-electron chi connectivity index (χ2n) is 5.52. The van der Waals surface area contributed by atoms with Crippen molar-refractivity contribution in [2.45, 2.75) is 31.2 Å². The average molecular weight is 269 g/mol. The van der Waals surface area contributed by atoms with Gasteiger partial charge >= 0.3 is 0 Å². The fourth-order valence-corrected chi connectivity index (χ4v) is 2.79. The van der Waals surface area contributed by atoms with Crippen molar-refractivity contribution < 1.29 is 14.3 Å². The standard InChI is InChI=1S/C13H23N3O3/c1-15(12(18)13(14)4-2-3-5-13)10-11(17)16-6-8-19-9-7-16/h2-10,14H2,1H3. The number of ether oxygens (including phenoxy) is 1. The Bertz CT molecular complexity index is 347. The third-order valence-corrected chi connectivity index (χ3v) is 4.00. The number of hydrogen-bond donors (Lipinski definition) is 1. The van der Waals surface area contributed by atoms with Crippen molar-refractivity contribution >= 4 is 11.8 Å². The zero-order chi connectivity index (χ0) is 13.9. The summed E-state index contributed by atoms with van der Waals surface area (Å²) in [7, 11) is 1.66. The summed E-state index contributed by atoms with van der Waals surface area (Å²) in [6.07, 6.45) is 3.44. The number of nitrogens with zero attached hydrogens (tertiary/aromatic N) is 2. The van der Waals surface area contributed by atoms with Gasteiger partial charge in [0.05, 0.1) is 25.3 Å². The Morgan fingerprint density at radius 3 is 2.42 bits per heavy atom. The predicted molar refractivity (Wildman–Crippen MR) is 70.4 cm³/mol. The van der Waals surface area contributed by atoms with Gasteiger partial charge in [-0.1, -0.05) is 12.8 Å². The Kier molecular flexibility index (Phi) is 4.42. The molecule has 19 heavy (non-hydrogen) atoms. The lowest BCUT2D eigenvalue weighted by atomic mass is 9.97. The summed E-state index contributed by atoms with van der Waals surface area (Å²) in [6.45, 7) is 2.47. The molecule has 1 heterocycles. The quantitative estimate of drug-likeness (QED) is 0.754. The molecule has 1 aliphatic heterocycles. The summed E-state index contributed by atoms with van der Waals surface area (Å²) < 4.78 is 5.21. The van der Waals surface area contributed by atoms with Gasteiger partial charge in [-0.3, -0.25) is 9.59 Å². The van der Waals surface area contributed by atoms with E-state index < -0.39 is 5.54 Å². The van der Waals surface area contributed by atoms with Crippen LogP contribution in [-0.4, -0.2) is 67.0 Å². The normalized spacial score (nSPS) is 22.3. The minimum Gasteiger partial charge on any atom is -0.378 e. The second-order valence-corrected chi connectivity index (χ2v) is 5.52. The van der Waals surface area contributed by atoms with E-state index in [4.69, 9.17) is 10.5 Å². The maximum atomic E-state index is 12.3. The lowest BCUT2D eigenvalue weighted by Gasteiger charge is -2.31. The zero-order valence-electron chi connectivity index (χ0n) is 11.6. The van der Waals surface area contributed by atoms with E-state index in [0.717, 1.165) is 25.7 Å². The van der Waals surface area contributed by atoms with E-state index in [1.165, 1.54) is 4.90 Å². The van der Waals surface area contributed by atoms with Crippen LogP contribution in [0.5, 0.6) is 0 Å². The van der Waals surface area contributed by atoms with Gasteiger partial charge in [-0.05, 0) is 12.8 Å². The van der Waals surface area contributed by atoms with Crippen LogP contribution in [-0.2, 0) is 14.3 Å². The molecule has 2 amide bonds. The summed E-state index contributed by atoms with van der Waals surface area (Å²) >= 11 is 0. The fraction of sp³-hybridized carbons (Fsp3) is 0.846. The van der Waals surface area contributed by atoms with Gasteiger partial charge in [0.2, 0.25) is 11.8 Å². The molecule has 0 atom stereocenters. The van der Waals surface area contributed by atoms with Gasteiger partial charge in [-0.25, -0.2) is 0 Å². The molecule has 108 valence electrons. The van der Waals surface area contributed by atoms with Crippen LogP contribution in [0.15, 0.2) is 0 Å². The van der Waals surface area contributed by atoms with Gasteiger partial charge in [0.25, 0.3) is 0 Å². The number of amides is 2. The molecule has 6 nitrogen and oxygen atoms in total. The van der Waals surface area contributed by atoms with Crippen molar-refractivity contribution in [1.82, 2.24) is 9.80 Å². The number of morpholine rings is 1. The number of hydrogen-bond acceptors (Lipinski definition) is 4. The van der Waals surface area contributed by atoms with Crippen molar-refractivity contribution in [2.75, 3.05) is 39.9 Å². The highest BCUT2D eigenvalue weighted by molar-refractivity contribution is 5.90. The largest absolute Gasteiger partial charge is 0.378 e. The molecular weight excluding hydrogens is 246 g/mol. The molecule has 2 fully saturated rings. The van der Waals surface area contributed by atoms with Crippen LogP contribution in [0, 0.1) is 0 Å². The van der Waals surface area contributed by atoms with Gasteiger partial charge in [0.1, 0.15) is 0 Å². The van der Waals surface area contributed by atoms with Crippen LogP contribution in [0.25, 0.3) is 0 Å². The maximum absolute atomic E-state index is 12.3. The number of likely N-dealkylation sites (N-methyl/N-ethyl adjacent to an activating group) is 1. The minimum absolute atomic E-state index is 0.0271. The van der Waals surface area contributed by atoms with E-state index in [0.29, 0.717) is 26.3 Å². The Morgan fingerprint density at radius 1 is 1.26 bits per heavy atom. The summed E-state index contributed by atoms with van der Waals surface area (Å²) in [6, 6.07) is 0. The highest BCUT2D eigenvalue weighted by Crippen LogP contribution is 2.28. The smallest absolute Gasteiger partial charge is 0.242 e. The Labute approximate surface area is 113 Å². The van der Waals surface area contributed by atoms with Gasteiger partial charge < -0.3 is 20.3 Å². The van der Waals surface area contributed by atoms with Gasteiger partial charge in [-0.15, -0.1) is 0 Å². The SMILES string of the molecule is CN(CC(=O)N1CCOCC1)C(=O)C1(N)CCCC1. The van der Waals surface area contributed by atoms with Gasteiger partial charge in [0.15, 0.2) is 0 Å². The second kappa shape index (κ2) is 5.88. The lowest BCUT2D eigenvalue weighted by molar-refractivity contribution is -0.144. The van der Waals surface area contributed by atoms with E-state index in [1.54, 1.807) is 11.9 Å². The molecule has 2 rings (SSSR count). The van der Waals surface area contributed by atoms with Gasteiger partial charge in [0, 0.05) is 20.1 Å². The van der Waals surface area contributed by atoms with Crippen LogP contribution in [0.2, 0.25) is 0 Å². The Morgan fingerprint density at radius 2 is 1.84 bits per heavy atom. The van der Waals surface area contributed by atoms with E-state index in [2.05, 4.69) is 0 Å². The Balaban J connectivity index is 1.87. The van der Waals surface area contributed by atoms with Crippen molar-refractivity contribution in [3.63, 3.8) is 0 Å². The van der Waals surface area contributed by atoms with Crippen LogP contribution < -0.4 is 5.73 Å². The first-order valence-electron chi connectivity index (χ1n) is 6.93. The average Bonchev–Trinajstić information content (AvgIpc) is 2.87. The lowest BCUT2D eigenvalue weighted by Crippen LogP contribution is -2.55. The molecular formula is C13H23N3O3. The van der Waals surface area contributed by atoms with Crippen molar-refractivity contribution in [3.05, 3.63) is 0 Å². The first kappa shape index (κ1) is 14.3. The molecule has 1 saturated carbocycles. The number of carbonyl (C=O) groups excluding carboxylic acids is 2. The van der Waals surface area contributed by atoms with E-state index in [9.17, 15) is 9.59 Å². The molecule has 0 radical (unpaired) electrons. The molecule has 0 aromatic heterocycles. The molecule has 0 aromatic rings. The molecule has 0 bridgehead atoms. The fourth-order valence-electron chi connectivity index (χ4n) is 2.79. The van der Waals surface area contributed by atoms with Crippen LogP contribution in [0.4, 0.5) is 0 Å². The van der Waals surface area contributed by atoms with Crippen LogP contribution in [0.3, 0.4) is 0 Å². The Hall–Kier alpha value is -1.14. The number of rotatable bonds is 3. The third-order valence-electron chi connectivity index (χ3n) is 4.00. The molecule has 0 unspecified atom stereocenters. The van der Waals surface area contributed by atoms with Crippen LogP contribution >= 0.6 is 0 Å². The first-order chi connectivity index (χ1) is 9.03. The highest BCUT2D eigenvalue weighted by Gasteiger charge is 2.39. The van der Waals surface area contributed by atoms with Crippen molar-refractivity contribution in [1.29, 1.82) is 0 Å². The monoisotopic (exact) mass is 269 g/mol. The van der Waals surface area contributed by atoms with Crippen molar-refractivity contribution in [3.8, 4) is 0 Å². The molecule has 0 aromatic carbocycles. The molecule has 1 aliphatic carbocycles. The summed E-state index contributed by atoms with van der Waals surface area (Å²) in [5.74, 6) is -0.132. The third kappa shape index (κ3) is 3.25. The summed E-state index contributed by atoms with van der Waals surface area (Å²) in [5.41, 5.74) is 5.37. The first-order valence-corrected chi connectivity index (χ1v) is 6.93. The predicted octanol–water partition coefficient (Wildman–Crippen LogP) is -0.425. The van der Waals surface area contributed by atoms with Gasteiger partial charge in [-0.2, -0.15) is 0 Å². The molecule has 0 spiro atoms. The maximum Gasteiger partial charge on any atom is 0.242 e. The number of carbonyl (C=O) groups is 2. The minimum atomic E-state index is -0.750. The summed E-state index contributed by atoms with van der Waals surface area (Å²) in [4.78, 5) is 27.6. The molecule has 2 aliphatic rings. The zero-order valence-corrected chi connectivity index (χ0v) is 11.6. The topological polar surface area (TPSA) is 75.9 Å². The van der Waals surface area contributed by atoms with E-state index in [1.807, 2.05) is 0 Å². The van der Waals surface area contributed by atoms with Crippen molar-refractivity contribution in [2.24, 2.45) is 5.73 Å². The van der Waals surface area contributed by atoms with Crippen LogP contribution in [0.1, 0.15) is 25.7 Å².